The van der Waals surface area contributed by atoms with Gasteiger partial charge in [-0.25, -0.2) is 4.79 Å². The Kier molecular flexibility index (Phi) is 5.70. The molecule has 138 valence electrons. The zero-order valence-corrected chi connectivity index (χ0v) is 14.5. The van der Waals surface area contributed by atoms with E-state index in [0.717, 1.165) is 25.3 Å². The molecule has 2 rings (SSSR count). The zero-order chi connectivity index (χ0) is 19.5. The number of benzene rings is 2. The summed E-state index contributed by atoms with van der Waals surface area (Å²) >= 11 is 3.13. The second-order valence-corrected chi connectivity index (χ2v) is 5.58. The molecule has 0 aliphatic carbocycles. The highest BCUT2D eigenvalue weighted by molar-refractivity contribution is 9.10. The molecule has 0 aromatic heterocycles. The molecule has 0 unspecified atom stereocenters. The molecule has 26 heavy (non-hydrogen) atoms. The quantitative estimate of drug-likeness (QED) is 0.379. The van der Waals surface area contributed by atoms with Crippen molar-refractivity contribution in [3.05, 3.63) is 56.5 Å². The third-order valence-electron chi connectivity index (χ3n) is 2.93. The second-order valence-electron chi connectivity index (χ2n) is 4.67. The molecule has 0 saturated heterocycles. The number of rotatable bonds is 5. The topological polar surface area (TPSA) is 87.9 Å². The average Bonchev–Trinajstić information content (AvgIpc) is 2.54. The van der Waals surface area contributed by atoms with Gasteiger partial charge in [0, 0.05) is 16.6 Å². The van der Waals surface area contributed by atoms with Crippen molar-refractivity contribution in [3.8, 4) is 17.2 Å². The van der Waals surface area contributed by atoms with Crippen molar-refractivity contribution in [3.63, 3.8) is 0 Å². The number of nitrogens with zero attached hydrogens (tertiary/aromatic N) is 1. The van der Waals surface area contributed by atoms with Gasteiger partial charge in [-0.1, -0.05) is 15.9 Å². The van der Waals surface area contributed by atoms with E-state index in [1.165, 1.54) is 18.2 Å². The number of alkyl halides is 3. The van der Waals surface area contributed by atoms with Crippen molar-refractivity contribution < 1.29 is 37.1 Å². The molecule has 0 N–H and O–H groups in total. The van der Waals surface area contributed by atoms with Gasteiger partial charge in [0.05, 0.1) is 12.0 Å². The van der Waals surface area contributed by atoms with E-state index in [9.17, 15) is 28.1 Å². The predicted molar refractivity (Wildman–Crippen MR) is 85.3 cm³/mol. The monoisotopic (exact) mass is 435 g/mol. The molecule has 2 aromatic rings. The third-order valence-corrected chi connectivity index (χ3v) is 3.42. The van der Waals surface area contributed by atoms with E-state index in [2.05, 4.69) is 25.4 Å². The summed E-state index contributed by atoms with van der Waals surface area (Å²) in [6.45, 7) is 0. The number of nitro benzene ring substituents is 1. The maximum absolute atomic E-state index is 12.3. The maximum atomic E-state index is 12.3. The molecule has 0 radical (unpaired) electrons. The van der Waals surface area contributed by atoms with E-state index in [1.54, 1.807) is 0 Å². The van der Waals surface area contributed by atoms with Crippen LogP contribution in [0.4, 0.5) is 18.9 Å². The minimum atomic E-state index is -4.96. The van der Waals surface area contributed by atoms with Crippen LogP contribution in [0.25, 0.3) is 0 Å². The van der Waals surface area contributed by atoms with Crippen LogP contribution in [0.15, 0.2) is 40.9 Å². The molecule has 2 aromatic carbocycles. The fourth-order valence-corrected chi connectivity index (χ4v) is 2.24. The lowest BCUT2D eigenvalue weighted by molar-refractivity contribution is -0.385. The minimum Gasteiger partial charge on any atom is -0.465 e. The van der Waals surface area contributed by atoms with Crippen LogP contribution in [-0.2, 0) is 4.74 Å². The Labute approximate surface area is 152 Å². The highest BCUT2D eigenvalue weighted by atomic mass is 79.9. The van der Waals surface area contributed by atoms with E-state index < -0.39 is 34.3 Å². The fourth-order valence-electron chi connectivity index (χ4n) is 1.90. The van der Waals surface area contributed by atoms with Crippen LogP contribution in [0, 0.1) is 10.1 Å². The number of hydrogen-bond acceptors (Lipinski definition) is 6. The summed E-state index contributed by atoms with van der Waals surface area (Å²) in [5, 5.41) is 11.1. The average molecular weight is 436 g/mol. The number of methoxy groups -OCH3 is 1. The number of ether oxygens (including phenoxy) is 3. The van der Waals surface area contributed by atoms with E-state index in [1.807, 2.05) is 0 Å². The Morgan fingerprint density at radius 1 is 1.15 bits per heavy atom. The van der Waals surface area contributed by atoms with E-state index in [0.29, 0.717) is 4.47 Å². The van der Waals surface area contributed by atoms with Gasteiger partial charge in [0.15, 0.2) is 0 Å². The first-order chi connectivity index (χ1) is 12.1. The number of esters is 1. The molecular weight excluding hydrogens is 427 g/mol. The summed E-state index contributed by atoms with van der Waals surface area (Å²) in [5.74, 6) is -2.15. The van der Waals surface area contributed by atoms with E-state index >= 15 is 0 Å². The van der Waals surface area contributed by atoms with Crippen molar-refractivity contribution in [1.82, 2.24) is 0 Å². The van der Waals surface area contributed by atoms with Gasteiger partial charge in [0.2, 0.25) is 5.75 Å². The Hall–Kier alpha value is -2.82. The minimum absolute atomic E-state index is 0.223. The molecule has 0 saturated carbocycles. The number of carbonyl (C=O) groups excluding carboxylic acids is 1. The Morgan fingerprint density at radius 3 is 2.42 bits per heavy atom. The standard InChI is InChI=1S/C15H9BrF3NO6/c1-24-14(21)10-7-9(26-15(17,18)19)3-5-12(10)25-13-6-8(16)2-4-11(13)20(22)23/h2-7H,1H3. The number of nitro groups is 1. The third kappa shape index (κ3) is 4.85. The van der Waals surface area contributed by atoms with Crippen LogP contribution < -0.4 is 9.47 Å². The first-order valence-electron chi connectivity index (χ1n) is 6.70. The lowest BCUT2D eigenvalue weighted by atomic mass is 10.2. The summed E-state index contributed by atoms with van der Waals surface area (Å²) < 4.78 is 51.1. The van der Waals surface area contributed by atoms with Crippen LogP contribution in [0.3, 0.4) is 0 Å². The van der Waals surface area contributed by atoms with Crippen LogP contribution in [0.5, 0.6) is 17.2 Å². The van der Waals surface area contributed by atoms with Crippen molar-refractivity contribution in [1.29, 1.82) is 0 Å². The van der Waals surface area contributed by atoms with Crippen LogP contribution in [0.1, 0.15) is 10.4 Å². The molecule has 0 amide bonds. The van der Waals surface area contributed by atoms with Crippen molar-refractivity contribution in [2.45, 2.75) is 6.36 Å². The largest absolute Gasteiger partial charge is 0.573 e. The summed E-state index contributed by atoms with van der Waals surface area (Å²) in [6, 6.07) is 6.53. The zero-order valence-electron chi connectivity index (χ0n) is 12.9. The Morgan fingerprint density at radius 2 is 1.85 bits per heavy atom. The smallest absolute Gasteiger partial charge is 0.465 e. The highest BCUT2D eigenvalue weighted by Gasteiger charge is 2.32. The molecule has 0 heterocycles. The molecule has 11 heteroatoms. The van der Waals surface area contributed by atoms with Gasteiger partial charge < -0.3 is 14.2 Å². The molecule has 0 atom stereocenters. The van der Waals surface area contributed by atoms with Crippen LogP contribution in [0.2, 0.25) is 0 Å². The van der Waals surface area contributed by atoms with Gasteiger partial charge >= 0.3 is 18.0 Å². The maximum Gasteiger partial charge on any atom is 0.573 e. The molecule has 0 spiro atoms. The Balaban J connectivity index is 2.48. The summed E-state index contributed by atoms with van der Waals surface area (Å²) in [4.78, 5) is 22.2. The van der Waals surface area contributed by atoms with Crippen LogP contribution in [-0.4, -0.2) is 24.4 Å². The Bertz CT molecular complexity index is 856. The first-order valence-corrected chi connectivity index (χ1v) is 7.50. The van der Waals surface area contributed by atoms with E-state index in [4.69, 9.17) is 4.74 Å². The molecule has 0 bridgehead atoms. The summed E-state index contributed by atoms with van der Waals surface area (Å²) in [5.41, 5.74) is -0.803. The molecule has 0 aliphatic rings. The molecular formula is C15H9BrF3NO6. The van der Waals surface area contributed by atoms with Crippen molar-refractivity contribution in [2.75, 3.05) is 7.11 Å². The normalized spacial score (nSPS) is 11.0. The van der Waals surface area contributed by atoms with Gasteiger partial charge in [0.1, 0.15) is 17.1 Å². The first kappa shape index (κ1) is 19.5. The molecule has 0 fully saturated rings. The highest BCUT2D eigenvalue weighted by Crippen LogP contribution is 2.37. The van der Waals surface area contributed by atoms with Gasteiger partial charge in [-0.15, -0.1) is 13.2 Å². The van der Waals surface area contributed by atoms with E-state index in [-0.39, 0.29) is 11.5 Å². The predicted octanol–water partition coefficient (Wildman–Crippen LogP) is 4.83. The SMILES string of the molecule is COC(=O)c1cc(OC(F)(F)F)ccc1Oc1cc(Br)ccc1[N+](=O)[O-]. The van der Waals surface area contributed by atoms with Crippen molar-refractivity contribution in [2.24, 2.45) is 0 Å². The van der Waals surface area contributed by atoms with Gasteiger partial charge in [-0.05, 0) is 24.3 Å². The second kappa shape index (κ2) is 7.60. The lowest BCUT2D eigenvalue weighted by Gasteiger charge is -2.13. The van der Waals surface area contributed by atoms with Gasteiger partial charge in [0.25, 0.3) is 0 Å². The summed E-state index contributed by atoms with van der Waals surface area (Å²) in [7, 11) is 1.02. The lowest BCUT2D eigenvalue weighted by Crippen LogP contribution is -2.17. The number of halogens is 4. The van der Waals surface area contributed by atoms with Crippen LogP contribution >= 0.6 is 15.9 Å². The van der Waals surface area contributed by atoms with Gasteiger partial charge in [-0.3, -0.25) is 10.1 Å². The summed E-state index contributed by atoms with van der Waals surface area (Å²) in [6.07, 6.45) is -4.96. The molecule has 7 nitrogen and oxygen atoms in total. The fraction of sp³-hybridized carbons (Fsp3) is 0.133. The molecule has 0 aliphatic heterocycles. The van der Waals surface area contributed by atoms with Crippen molar-refractivity contribution >= 4 is 27.6 Å². The number of hydrogen-bond donors (Lipinski definition) is 0. The van der Waals surface area contributed by atoms with Gasteiger partial charge in [-0.2, -0.15) is 0 Å². The number of carbonyl (C=O) groups is 1.